The molecule has 2 aromatic rings. The molecule has 1 atom stereocenters. The van der Waals surface area contributed by atoms with Gasteiger partial charge in [0.2, 0.25) is 6.10 Å². The zero-order valence-corrected chi connectivity index (χ0v) is 15.0. The molecule has 0 unspecified atom stereocenters. The van der Waals surface area contributed by atoms with Crippen LogP contribution in [0.15, 0.2) is 54.6 Å². The summed E-state index contributed by atoms with van der Waals surface area (Å²) in [4.78, 5) is 35.8. The zero-order valence-electron chi connectivity index (χ0n) is 14.2. The lowest BCUT2D eigenvalue weighted by Crippen LogP contribution is -2.41. The zero-order chi connectivity index (χ0) is 19.8. The molecule has 8 heteroatoms. The SMILES string of the molecule is CNC(=O)NC(=O)[C@@H](OC(=O)/C=C/c1c(F)cccc1Cl)c1ccccc1. The van der Waals surface area contributed by atoms with Crippen molar-refractivity contribution in [3.05, 3.63) is 76.6 Å². The summed E-state index contributed by atoms with van der Waals surface area (Å²) in [5.41, 5.74) is 0.381. The summed E-state index contributed by atoms with van der Waals surface area (Å²) in [6, 6.07) is 11.5. The first-order chi connectivity index (χ1) is 12.9. The molecule has 6 nitrogen and oxygen atoms in total. The van der Waals surface area contributed by atoms with E-state index >= 15 is 0 Å². The van der Waals surface area contributed by atoms with Crippen molar-refractivity contribution in [1.29, 1.82) is 0 Å². The van der Waals surface area contributed by atoms with Crippen LogP contribution in [0.3, 0.4) is 0 Å². The van der Waals surface area contributed by atoms with Gasteiger partial charge in [-0.3, -0.25) is 10.1 Å². The molecule has 2 rings (SSSR count). The Morgan fingerprint density at radius 3 is 2.44 bits per heavy atom. The Labute approximate surface area is 160 Å². The Morgan fingerprint density at radius 1 is 1.11 bits per heavy atom. The Balaban J connectivity index is 2.19. The van der Waals surface area contributed by atoms with Crippen molar-refractivity contribution >= 4 is 35.6 Å². The van der Waals surface area contributed by atoms with E-state index in [-0.39, 0.29) is 10.6 Å². The third-order valence-corrected chi connectivity index (χ3v) is 3.75. The summed E-state index contributed by atoms with van der Waals surface area (Å²) in [6.07, 6.45) is 0.739. The van der Waals surface area contributed by atoms with Crippen molar-refractivity contribution < 1.29 is 23.5 Å². The second-order valence-electron chi connectivity index (χ2n) is 5.26. The lowest BCUT2D eigenvalue weighted by molar-refractivity contribution is -0.151. The fourth-order valence-corrected chi connectivity index (χ4v) is 2.34. The number of amides is 3. The van der Waals surface area contributed by atoms with Crippen LogP contribution >= 0.6 is 11.6 Å². The molecule has 0 bridgehead atoms. The molecule has 0 aliphatic carbocycles. The minimum atomic E-state index is -1.36. The molecule has 0 saturated carbocycles. The van der Waals surface area contributed by atoms with Gasteiger partial charge in [0, 0.05) is 24.3 Å². The second-order valence-corrected chi connectivity index (χ2v) is 5.67. The number of hydrogen-bond donors (Lipinski definition) is 2. The Kier molecular flexibility index (Phi) is 7.08. The smallest absolute Gasteiger partial charge is 0.331 e. The van der Waals surface area contributed by atoms with Gasteiger partial charge in [-0.05, 0) is 18.2 Å². The van der Waals surface area contributed by atoms with Crippen LogP contribution in [0.5, 0.6) is 0 Å². The molecule has 0 aliphatic heterocycles. The molecular weight excluding hydrogens is 375 g/mol. The van der Waals surface area contributed by atoms with Gasteiger partial charge in [0.1, 0.15) is 5.82 Å². The highest BCUT2D eigenvalue weighted by Gasteiger charge is 2.25. The van der Waals surface area contributed by atoms with Crippen LogP contribution in [0, 0.1) is 5.82 Å². The number of carbonyl (C=O) groups excluding carboxylic acids is 3. The van der Waals surface area contributed by atoms with E-state index in [2.05, 4.69) is 10.6 Å². The number of nitrogens with one attached hydrogen (secondary N) is 2. The van der Waals surface area contributed by atoms with Crippen molar-refractivity contribution in [2.24, 2.45) is 0 Å². The molecule has 2 aromatic carbocycles. The Bertz CT molecular complexity index is 851. The number of urea groups is 1. The van der Waals surface area contributed by atoms with Gasteiger partial charge < -0.3 is 10.1 Å². The Morgan fingerprint density at radius 2 is 1.81 bits per heavy atom. The minimum absolute atomic E-state index is 0.0159. The van der Waals surface area contributed by atoms with Crippen LogP contribution in [0.25, 0.3) is 6.08 Å². The largest absolute Gasteiger partial charge is 0.444 e. The van der Waals surface area contributed by atoms with E-state index in [4.69, 9.17) is 16.3 Å². The maximum atomic E-state index is 13.7. The van der Waals surface area contributed by atoms with Crippen molar-refractivity contribution in [1.82, 2.24) is 10.6 Å². The number of halogens is 2. The number of hydrogen-bond acceptors (Lipinski definition) is 4. The average Bonchev–Trinajstić information content (AvgIpc) is 2.66. The molecule has 0 spiro atoms. The topological polar surface area (TPSA) is 84.5 Å². The van der Waals surface area contributed by atoms with E-state index in [0.29, 0.717) is 5.56 Å². The van der Waals surface area contributed by atoms with Crippen molar-refractivity contribution in [3.8, 4) is 0 Å². The predicted molar refractivity (Wildman–Crippen MR) is 98.3 cm³/mol. The lowest BCUT2D eigenvalue weighted by Gasteiger charge is -2.16. The van der Waals surface area contributed by atoms with Gasteiger partial charge in [-0.15, -0.1) is 0 Å². The quantitative estimate of drug-likeness (QED) is 0.606. The maximum absolute atomic E-state index is 13.7. The summed E-state index contributed by atoms with van der Waals surface area (Å²) in [5, 5.41) is 4.41. The van der Waals surface area contributed by atoms with Crippen LogP contribution in [-0.4, -0.2) is 25.0 Å². The highest BCUT2D eigenvalue weighted by molar-refractivity contribution is 6.32. The number of benzene rings is 2. The monoisotopic (exact) mass is 390 g/mol. The highest BCUT2D eigenvalue weighted by Crippen LogP contribution is 2.21. The predicted octanol–water partition coefficient (Wildman–Crippen LogP) is 3.23. The molecule has 0 fully saturated rings. The molecule has 0 aromatic heterocycles. The van der Waals surface area contributed by atoms with Gasteiger partial charge in [-0.25, -0.2) is 14.0 Å². The fraction of sp³-hybridized carbons (Fsp3) is 0.105. The number of carbonyl (C=O) groups is 3. The average molecular weight is 391 g/mol. The number of rotatable bonds is 5. The van der Waals surface area contributed by atoms with Crippen LogP contribution in [0.2, 0.25) is 5.02 Å². The normalized spacial score (nSPS) is 11.7. The molecule has 0 heterocycles. The van der Waals surface area contributed by atoms with Crippen LogP contribution in [-0.2, 0) is 14.3 Å². The van der Waals surface area contributed by atoms with E-state index in [1.54, 1.807) is 30.3 Å². The van der Waals surface area contributed by atoms with Gasteiger partial charge in [0.15, 0.2) is 0 Å². The van der Waals surface area contributed by atoms with E-state index in [1.165, 1.54) is 25.2 Å². The molecule has 2 N–H and O–H groups in total. The molecule has 0 radical (unpaired) electrons. The van der Waals surface area contributed by atoms with Gasteiger partial charge in [-0.1, -0.05) is 48.0 Å². The maximum Gasteiger partial charge on any atom is 0.331 e. The fourth-order valence-electron chi connectivity index (χ4n) is 2.12. The molecule has 0 saturated heterocycles. The van der Waals surface area contributed by atoms with E-state index in [0.717, 1.165) is 12.2 Å². The Hall–Kier alpha value is -3.19. The summed E-state index contributed by atoms with van der Waals surface area (Å²) in [7, 11) is 1.34. The number of esters is 1. The first-order valence-electron chi connectivity index (χ1n) is 7.82. The van der Waals surface area contributed by atoms with Gasteiger partial charge in [0.05, 0.1) is 5.02 Å². The van der Waals surface area contributed by atoms with Crippen molar-refractivity contribution in [2.75, 3.05) is 7.05 Å². The molecule has 3 amide bonds. The number of imide groups is 1. The van der Waals surface area contributed by atoms with E-state index in [1.807, 2.05) is 0 Å². The third-order valence-electron chi connectivity index (χ3n) is 3.42. The second kappa shape index (κ2) is 9.49. The molecular formula is C19H16ClFN2O4. The van der Waals surface area contributed by atoms with Crippen molar-refractivity contribution in [2.45, 2.75) is 6.10 Å². The van der Waals surface area contributed by atoms with Crippen LogP contribution < -0.4 is 10.6 Å². The van der Waals surface area contributed by atoms with E-state index < -0.39 is 29.8 Å². The summed E-state index contributed by atoms with van der Waals surface area (Å²) in [5.74, 6) is -2.34. The molecule has 0 aliphatic rings. The molecule has 27 heavy (non-hydrogen) atoms. The minimum Gasteiger partial charge on any atom is -0.444 e. The van der Waals surface area contributed by atoms with Gasteiger partial charge in [-0.2, -0.15) is 0 Å². The summed E-state index contributed by atoms with van der Waals surface area (Å²) >= 11 is 5.89. The lowest BCUT2D eigenvalue weighted by atomic mass is 10.1. The first kappa shape index (κ1) is 20.1. The highest BCUT2D eigenvalue weighted by atomic mass is 35.5. The third kappa shape index (κ3) is 5.65. The van der Waals surface area contributed by atoms with Crippen molar-refractivity contribution in [3.63, 3.8) is 0 Å². The van der Waals surface area contributed by atoms with Gasteiger partial charge >= 0.3 is 12.0 Å². The summed E-state index contributed by atoms with van der Waals surface area (Å²) in [6.45, 7) is 0. The summed E-state index contributed by atoms with van der Waals surface area (Å²) < 4.78 is 18.9. The van der Waals surface area contributed by atoms with E-state index in [9.17, 15) is 18.8 Å². The first-order valence-corrected chi connectivity index (χ1v) is 8.20. The van der Waals surface area contributed by atoms with Crippen LogP contribution in [0.1, 0.15) is 17.2 Å². The van der Waals surface area contributed by atoms with Gasteiger partial charge in [0.25, 0.3) is 5.91 Å². The standard InChI is InChI=1S/C19H16ClFN2O4/c1-22-19(26)23-18(25)17(12-6-3-2-4-7-12)27-16(24)11-10-13-14(20)8-5-9-15(13)21/h2-11,17H,1H3,(H2,22,23,25,26)/b11-10+/t17-/m0/s1. The van der Waals surface area contributed by atoms with Crippen LogP contribution in [0.4, 0.5) is 9.18 Å². The molecule has 140 valence electrons. The number of ether oxygens (including phenoxy) is 1.